The number of benzene rings is 3. The summed E-state index contributed by atoms with van der Waals surface area (Å²) in [4.78, 5) is 15.4. The van der Waals surface area contributed by atoms with Crippen molar-refractivity contribution in [3.63, 3.8) is 0 Å². The highest BCUT2D eigenvalue weighted by atomic mass is 35.7. The molecule has 1 aromatic heterocycles. The Labute approximate surface area is 193 Å². The Kier molecular flexibility index (Phi) is 7.17. The van der Waals surface area contributed by atoms with Gasteiger partial charge in [0.15, 0.2) is 0 Å². The molecule has 4 nitrogen and oxygen atoms in total. The molecule has 0 aliphatic rings. The highest BCUT2D eigenvalue weighted by Gasteiger charge is 2.44. The van der Waals surface area contributed by atoms with E-state index >= 15 is 0 Å². The fourth-order valence-electron chi connectivity index (χ4n) is 3.53. The van der Waals surface area contributed by atoms with Gasteiger partial charge in [0.2, 0.25) is 12.4 Å². The lowest BCUT2D eigenvalue weighted by Gasteiger charge is -2.19. The Hall–Kier alpha value is -2.65. The summed E-state index contributed by atoms with van der Waals surface area (Å²) >= 11 is 7.42. The standard InChI is InChI=1S/C24H20ClN2O2P.ClH/c1-18-16-26-23(24(28)29)27(18)17-19-12-14-22(15-13-19)30(25,20-8-4-2-5-9-20)21-10-6-3-7-11-21;/h2-16H,17H2,1H3;1H/p+1. The lowest BCUT2D eigenvalue weighted by atomic mass is 10.2. The van der Waals surface area contributed by atoms with Crippen LogP contribution in [0.25, 0.3) is 0 Å². The van der Waals surface area contributed by atoms with Gasteiger partial charge in [0.1, 0.15) is 27.2 Å². The Morgan fingerprint density at radius 3 is 1.87 bits per heavy atom. The Balaban J connectivity index is 0.00000272. The van der Waals surface area contributed by atoms with E-state index in [9.17, 15) is 9.90 Å². The second-order valence-electron chi connectivity index (χ2n) is 7.04. The molecule has 1 N–H and O–H groups in total. The van der Waals surface area contributed by atoms with Crippen LogP contribution in [0.15, 0.2) is 91.1 Å². The smallest absolute Gasteiger partial charge is 0.372 e. The zero-order valence-electron chi connectivity index (χ0n) is 16.9. The fraction of sp³-hybridized carbons (Fsp3) is 0.0833. The fourth-order valence-corrected chi connectivity index (χ4v) is 7.17. The summed E-state index contributed by atoms with van der Waals surface area (Å²) < 4.78 is 1.70. The summed E-state index contributed by atoms with van der Waals surface area (Å²) in [6.07, 6.45) is 1.58. The quantitative estimate of drug-likeness (QED) is 0.410. The molecule has 0 radical (unpaired) electrons. The number of imidazole rings is 1. The van der Waals surface area contributed by atoms with Gasteiger partial charge >= 0.3 is 5.97 Å². The predicted octanol–water partition coefficient (Wildman–Crippen LogP) is 4.81. The van der Waals surface area contributed by atoms with Crippen LogP contribution in [0.5, 0.6) is 0 Å². The molecule has 4 rings (SSSR count). The first-order chi connectivity index (χ1) is 14.5. The number of hydrogen-bond acceptors (Lipinski definition) is 2. The summed E-state index contributed by atoms with van der Waals surface area (Å²) in [5.74, 6) is -0.983. The van der Waals surface area contributed by atoms with Crippen molar-refractivity contribution in [2.75, 3.05) is 0 Å². The molecule has 0 aliphatic heterocycles. The van der Waals surface area contributed by atoms with E-state index in [1.54, 1.807) is 10.8 Å². The van der Waals surface area contributed by atoms with Gasteiger partial charge in [-0.05, 0) is 48.9 Å². The first-order valence-corrected chi connectivity index (χ1v) is 12.2. The third-order valence-electron chi connectivity index (χ3n) is 5.10. The summed E-state index contributed by atoms with van der Waals surface area (Å²) in [6, 6.07) is 28.5. The molecular formula is C24H22Cl2N2O2P+. The normalized spacial score (nSPS) is 11.0. The van der Waals surface area contributed by atoms with E-state index in [0.29, 0.717) is 6.54 Å². The molecule has 0 bridgehead atoms. The van der Waals surface area contributed by atoms with E-state index in [1.807, 2.05) is 55.5 Å². The number of aryl methyl sites for hydroxylation is 1. The number of carboxylic acids is 1. The van der Waals surface area contributed by atoms with Gasteiger partial charge in [-0.3, -0.25) is 0 Å². The van der Waals surface area contributed by atoms with E-state index in [-0.39, 0.29) is 18.2 Å². The second kappa shape index (κ2) is 9.65. The van der Waals surface area contributed by atoms with Crippen LogP contribution in [0.2, 0.25) is 0 Å². The van der Waals surface area contributed by atoms with Gasteiger partial charge in [-0.2, -0.15) is 0 Å². The average Bonchev–Trinajstić information content (AvgIpc) is 3.15. The molecule has 0 atom stereocenters. The van der Waals surface area contributed by atoms with Crippen LogP contribution < -0.4 is 15.9 Å². The molecule has 0 spiro atoms. The number of carboxylic acid groups (broad SMARTS) is 1. The Morgan fingerprint density at radius 1 is 0.903 bits per heavy atom. The van der Waals surface area contributed by atoms with Crippen molar-refractivity contribution in [2.45, 2.75) is 13.5 Å². The first kappa shape index (κ1) is 23.0. The van der Waals surface area contributed by atoms with Crippen LogP contribution in [-0.2, 0) is 6.54 Å². The minimum absolute atomic E-state index is 0. The molecular weight excluding hydrogens is 450 g/mol. The number of carbonyl (C=O) groups is 1. The monoisotopic (exact) mass is 471 g/mol. The molecule has 7 heteroatoms. The van der Waals surface area contributed by atoms with Crippen LogP contribution in [-0.4, -0.2) is 20.6 Å². The SMILES string of the molecule is Cc1cnc(C(=O)O)n1Cc1ccc([P+](Cl)(c2ccccc2)c2ccccc2)cc1.Cl. The van der Waals surface area contributed by atoms with Crippen LogP contribution in [0.4, 0.5) is 0 Å². The van der Waals surface area contributed by atoms with Crippen LogP contribution in [0.1, 0.15) is 21.9 Å². The number of halogens is 2. The van der Waals surface area contributed by atoms with Crippen molar-refractivity contribution < 1.29 is 9.90 Å². The molecule has 0 fully saturated rings. The molecule has 31 heavy (non-hydrogen) atoms. The molecule has 0 amide bonds. The van der Waals surface area contributed by atoms with Crippen molar-refractivity contribution in [2.24, 2.45) is 0 Å². The van der Waals surface area contributed by atoms with Gasteiger partial charge in [0.05, 0.1) is 0 Å². The number of nitrogens with zero attached hydrogens (tertiary/aromatic N) is 2. The molecule has 3 aromatic carbocycles. The molecule has 158 valence electrons. The van der Waals surface area contributed by atoms with Crippen LogP contribution in [0.3, 0.4) is 0 Å². The van der Waals surface area contributed by atoms with Crippen LogP contribution in [0, 0.1) is 6.92 Å². The van der Waals surface area contributed by atoms with Gasteiger partial charge in [-0.1, -0.05) is 48.5 Å². The van der Waals surface area contributed by atoms with Crippen LogP contribution >= 0.6 is 30.3 Å². The van der Waals surface area contributed by atoms with Crippen molar-refractivity contribution in [1.29, 1.82) is 0 Å². The Morgan fingerprint density at radius 2 is 1.39 bits per heavy atom. The summed E-state index contributed by atoms with van der Waals surface area (Å²) in [5, 5.41) is 12.6. The van der Waals surface area contributed by atoms with Gasteiger partial charge in [0.25, 0.3) is 0 Å². The second-order valence-corrected chi connectivity index (χ2v) is 11.3. The van der Waals surface area contributed by atoms with Gasteiger partial charge in [-0.25, -0.2) is 9.78 Å². The van der Waals surface area contributed by atoms with Gasteiger partial charge in [0, 0.05) is 18.4 Å². The highest BCUT2D eigenvalue weighted by Crippen LogP contribution is 2.60. The average molecular weight is 472 g/mol. The summed E-state index contributed by atoms with van der Waals surface area (Å²) in [6.45, 7) is 0.00514. The van der Waals surface area contributed by atoms with Gasteiger partial charge < -0.3 is 9.67 Å². The topological polar surface area (TPSA) is 55.1 Å². The van der Waals surface area contributed by atoms with E-state index in [0.717, 1.165) is 27.2 Å². The molecule has 1 heterocycles. The van der Waals surface area contributed by atoms with E-state index in [2.05, 4.69) is 41.4 Å². The molecule has 0 unspecified atom stereocenters. The van der Waals surface area contributed by atoms with E-state index < -0.39 is 12.6 Å². The van der Waals surface area contributed by atoms with Crippen molar-refractivity contribution in [1.82, 2.24) is 9.55 Å². The number of aromatic carboxylic acids is 1. The number of rotatable bonds is 6. The molecule has 0 aliphatic carbocycles. The largest absolute Gasteiger partial charge is 0.475 e. The predicted molar refractivity (Wildman–Crippen MR) is 131 cm³/mol. The van der Waals surface area contributed by atoms with Crippen molar-refractivity contribution in [3.8, 4) is 0 Å². The lowest BCUT2D eigenvalue weighted by Crippen LogP contribution is -2.27. The molecule has 0 saturated carbocycles. The van der Waals surface area contributed by atoms with E-state index in [1.165, 1.54) is 0 Å². The minimum atomic E-state index is -2.29. The minimum Gasteiger partial charge on any atom is -0.475 e. The maximum absolute atomic E-state index is 11.4. The third kappa shape index (κ3) is 4.52. The summed E-state index contributed by atoms with van der Waals surface area (Å²) in [5.41, 5.74) is 1.80. The number of aromatic nitrogens is 2. The lowest BCUT2D eigenvalue weighted by molar-refractivity contribution is 0.0678. The Bertz CT molecular complexity index is 1120. The first-order valence-electron chi connectivity index (χ1n) is 9.55. The molecule has 0 saturated heterocycles. The number of hydrogen-bond donors (Lipinski definition) is 1. The maximum Gasteiger partial charge on any atom is 0.372 e. The zero-order valence-corrected chi connectivity index (χ0v) is 19.3. The highest BCUT2D eigenvalue weighted by molar-refractivity contribution is 8.14. The molecule has 4 aromatic rings. The summed E-state index contributed by atoms with van der Waals surface area (Å²) in [7, 11) is 0. The third-order valence-corrected chi connectivity index (χ3v) is 9.89. The van der Waals surface area contributed by atoms with E-state index in [4.69, 9.17) is 11.2 Å². The van der Waals surface area contributed by atoms with Gasteiger partial charge in [-0.15, -0.1) is 12.4 Å². The maximum atomic E-state index is 11.4. The van der Waals surface area contributed by atoms with Crippen molar-refractivity contribution in [3.05, 3.63) is 108 Å². The zero-order chi connectivity index (χ0) is 21.1. The van der Waals surface area contributed by atoms with Crippen molar-refractivity contribution >= 4 is 52.1 Å².